The lowest BCUT2D eigenvalue weighted by atomic mass is 10.1. The second-order valence-electron chi connectivity index (χ2n) is 4.19. The van der Waals surface area contributed by atoms with Gasteiger partial charge in [-0.25, -0.2) is 0 Å². The Morgan fingerprint density at radius 1 is 1.32 bits per heavy atom. The summed E-state index contributed by atoms with van der Waals surface area (Å²) in [5.74, 6) is -0.252. The summed E-state index contributed by atoms with van der Waals surface area (Å²) in [4.78, 5) is 25.5. The summed E-state index contributed by atoms with van der Waals surface area (Å²) in [7, 11) is 0. The Kier molecular flexibility index (Phi) is 6.02. The van der Waals surface area contributed by atoms with Crippen molar-refractivity contribution in [2.75, 3.05) is 19.6 Å². The molecule has 0 bridgehead atoms. The van der Waals surface area contributed by atoms with Crippen LogP contribution in [-0.2, 0) is 4.79 Å². The molecule has 0 aliphatic carbocycles. The van der Waals surface area contributed by atoms with Gasteiger partial charge in [0.25, 0.3) is 5.91 Å². The van der Waals surface area contributed by atoms with Crippen molar-refractivity contribution < 1.29 is 9.59 Å². The summed E-state index contributed by atoms with van der Waals surface area (Å²) in [5.41, 5.74) is 1.52. The summed E-state index contributed by atoms with van der Waals surface area (Å²) < 4.78 is 0.896. The molecule has 0 radical (unpaired) electrons. The zero-order valence-electron chi connectivity index (χ0n) is 11.5. The van der Waals surface area contributed by atoms with Crippen molar-refractivity contribution in [1.82, 2.24) is 10.2 Å². The van der Waals surface area contributed by atoms with Gasteiger partial charge in [0, 0.05) is 23.1 Å². The number of hydrogen-bond donors (Lipinski definition) is 1. The molecule has 0 aliphatic heterocycles. The smallest absolute Gasteiger partial charge is 0.254 e. The molecule has 0 saturated heterocycles. The quantitative estimate of drug-likeness (QED) is 0.903. The minimum Gasteiger partial charge on any atom is -0.355 e. The molecule has 0 fully saturated rings. The SMILES string of the molecule is CCNC(=O)CN(CC)C(=O)c1cccc(Br)c1C. The largest absolute Gasteiger partial charge is 0.355 e. The number of halogens is 1. The van der Waals surface area contributed by atoms with Gasteiger partial charge in [-0.2, -0.15) is 0 Å². The molecule has 0 spiro atoms. The van der Waals surface area contributed by atoms with Crippen LogP contribution in [0.25, 0.3) is 0 Å². The average molecular weight is 327 g/mol. The van der Waals surface area contributed by atoms with E-state index in [9.17, 15) is 9.59 Å². The van der Waals surface area contributed by atoms with Crippen LogP contribution in [0.5, 0.6) is 0 Å². The Labute approximate surface area is 122 Å². The molecule has 1 N–H and O–H groups in total. The fraction of sp³-hybridized carbons (Fsp3) is 0.429. The molecule has 4 nitrogen and oxygen atoms in total. The number of nitrogens with one attached hydrogen (secondary N) is 1. The highest BCUT2D eigenvalue weighted by atomic mass is 79.9. The summed E-state index contributed by atoms with van der Waals surface area (Å²) in [6.45, 7) is 6.77. The molecule has 0 atom stereocenters. The fourth-order valence-corrected chi connectivity index (χ4v) is 2.13. The van der Waals surface area contributed by atoms with E-state index < -0.39 is 0 Å². The lowest BCUT2D eigenvalue weighted by Crippen LogP contribution is -2.40. The lowest BCUT2D eigenvalue weighted by Gasteiger charge is -2.21. The van der Waals surface area contributed by atoms with Gasteiger partial charge in [0.05, 0.1) is 6.54 Å². The number of rotatable bonds is 5. The van der Waals surface area contributed by atoms with Crippen molar-refractivity contribution >= 4 is 27.7 Å². The molecule has 0 unspecified atom stereocenters. The van der Waals surface area contributed by atoms with Gasteiger partial charge in [0.1, 0.15) is 0 Å². The number of nitrogens with zero attached hydrogens (tertiary/aromatic N) is 1. The van der Waals surface area contributed by atoms with Crippen LogP contribution < -0.4 is 5.32 Å². The Hall–Kier alpha value is -1.36. The highest BCUT2D eigenvalue weighted by Crippen LogP contribution is 2.20. The van der Waals surface area contributed by atoms with E-state index in [1.165, 1.54) is 0 Å². The number of carbonyl (C=O) groups excluding carboxylic acids is 2. The molecule has 0 heterocycles. The first-order valence-electron chi connectivity index (χ1n) is 6.32. The molecule has 1 aromatic rings. The van der Waals surface area contributed by atoms with Crippen molar-refractivity contribution in [1.29, 1.82) is 0 Å². The van der Waals surface area contributed by atoms with Crippen LogP contribution in [0, 0.1) is 6.92 Å². The van der Waals surface area contributed by atoms with Gasteiger partial charge in [-0.1, -0.05) is 22.0 Å². The first-order chi connectivity index (χ1) is 9.01. The summed E-state index contributed by atoms with van der Waals surface area (Å²) in [5, 5.41) is 2.70. The zero-order valence-corrected chi connectivity index (χ0v) is 13.1. The van der Waals surface area contributed by atoms with E-state index >= 15 is 0 Å². The van der Waals surface area contributed by atoms with Crippen molar-refractivity contribution in [3.63, 3.8) is 0 Å². The van der Waals surface area contributed by atoms with Crippen LogP contribution in [0.3, 0.4) is 0 Å². The predicted molar refractivity (Wildman–Crippen MR) is 79.1 cm³/mol. The average Bonchev–Trinajstić information content (AvgIpc) is 2.39. The topological polar surface area (TPSA) is 49.4 Å². The van der Waals surface area contributed by atoms with Crippen LogP contribution in [0.15, 0.2) is 22.7 Å². The van der Waals surface area contributed by atoms with Crippen LogP contribution in [0.1, 0.15) is 29.8 Å². The minimum absolute atomic E-state index is 0.0924. The first-order valence-corrected chi connectivity index (χ1v) is 7.11. The third-order valence-corrected chi connectivity index (χ3v) is 3.73. The maximum Gasteiger partial charge on any atom is 0.254 e. The number of hydrogen-bond acceptors (Lipinski definition) is 2. The van der Waals surface area contributed by atoms with E-state index in [2.05, 4.69) is 21.2 Å². The van der Waals surface area contributed by atoms with Gasteiger partial charge in [0.15, 0.2) is 0 Å². The van der Waals surface area contributed by atoms with E-state index in [0.29, 0.717) is 18.7 Å². The van der Waals surface area contributed by atoms with E-state index in [-0.39, 0.29) is 18.4 Å². The number of carbonyl (C=O) groups is 2. The van der Waals surface area contributed by atoms with Crippen molar-refractivity contribution in [3.8, 4) is 0 Å². The van der Waals surface area contributed by atoms with Crippen LogP contribution in [-0.4, -0.2) is 36.3 Å². The standard InChI is InChI=1S/C14H19BrN2O2/c1-4-16-13(18)9-17(5-2)14(19)11-7-6-8-12(15)10(11)3/h6-8H,4-5,9H2,1-3H3,(H,16,18). The van der Waals surface area contributed by atoms with Crippen molar-refractivity contribution in [3.05, 3.63) is 33.8 Å². The number of amides is 2. The second kappa shape index (κ2) is 7.28. The summed E-state index contributed by atoms with van der Waals surface area (Å²) in [6.07, 6.45) is 0. The molecule has 5 heteroatoms. The number of likely N-dealkylation sites (N-methyl/N-ethyl adjacent to an activating group) is 2. The highest BCUT2D eigenvalue weighted by molar-refractivity contribution is 9.10. The highest BCUT2D eigenvalue weighted by Gasteiger charge is 2.19. The molecule has 0 saturated carbocycles. The molecule has 19 heavy (non-hydrogen) atoms. The fourth-order valence-electron chi connectivity index (χ4n) is 1.76. The van der Waals surface area contributed by atoms with Gasteiger partial charge in [-0.05, 0) is 38.5 Å². The second-order valence-corrected chi connectivity index (χ2v) is 5.04. The van der Waals surface area contributed by atoms with Crippen LogP contribution >= 0.6 is 15.9 Å². The molecule has 104 valence electrons. The molecule has 0 aromatic heterocycles. The van der Waals surface area contributed by atoms with E-state index in [1.54, 1.807) is 11.0 Å². The molecular weight excluding hydrogens is 308 g/mol. The third-order valence-electron chi connectivity index (χ3n) is 2.88. The first kappa shape index (κ1) is 15.7. The van der Waals surface area contributed by atoms with Gasteiger partial charge < -0.3 is 10.2 Å². The normalized spacial score (nSPS) is 10.1. The molecule has 0 aliphatic rings. The van der Waals surface area contributed by atoms with Crippen LogP contribution in [0.4, 0.5) is 0 Å². The number of benzene rings is 1. The molecule has 1 aromatic carbocycles. The van der Waals surface area contributed by atoms with E-state index in [4.69, 9.17) is 0 Å². The van der Waals surface area contributed by atoms with Gasteiger partial charge in [0.2, 0.25) is 5.91 Å². The maximum absolute atomic E-state index is 12.4. The minimum atomic E-state index is -0.134. The summed E-state index contributed by atoms with van der Waals surface area (Å²) in [6, 6.07) is 5.50. The van der Waals surface area contributed by atoms with E-state index in [1.807, 2.05) is 32.9 Å². The van der Waals surface area contributed by atoms with Crippen molar-refractivity contribution in [2.45, 2.75) is 20.8 Å². The van der Waals surface area contributed by atoms with Gasteiger partial charge in [-0.15, -0.1) is 0 Å². The van der Waals surface area contributed by atoms with Gasteiger partial charge in [-0.3, -0.25) is 9.59 Å². The predicted octanol–water partition coefficient (Wildman–Crippen LogP) is 2.36. The lowest BCUT2D eigenvalue weighted by molar-refractivity contribution is -0.121. The van der Waals surface area contributed by atoms with Crippen LogP contribution in [0.2, 0.25) is 0 Å². The summed E-state index contributed by atoms with van der Waals surface area (Å²) >= 11 is 3.41. The molecule has 1 rings (SSSR count). The Bertz CT molecular complexity index is 475. The van der Waals surface area contributed by atoms with E-state index in [0.717, 1.165) is 10.0 Å². The Balaban J connectivity index is 2.89. The molecular formula is C14H19BrN2O2. The third kappa shape index (κ3) is 4.06. The molecule has 2 amide bonds. The maximum atomic E-state index is 12.4. The monoisotopic (exact) mass is 326 g/mol. The van der Waals surface area contributed by atoms with Crippen molar-refractivity contribution in [2.24, 2.45) is 0 Å². The zero-order chi connectivity index (χ0) is 14.4. The Morgan fingerprint density at radius 2 is 2.00 bits per heavy atom. The van der Waals surface area contributed by atoms with Gasteiger partial charge >= 0.3 is 0 Å². The Morgan fingerprint density at radius 3 is 2.58 bits per heavy atom.